The van der Waals surface area contributed by atoms with Crippen LogP contribution in [0.2, 0.25) is 10.0 Å². The number of aryl methyl sites for hydroxylation is 1. The van der Waals surface area contributed by atoms with Crippen LogP contribution in [-0.2, 0) is 24.4 Å². The second-order valence-electron chi connectivity index (χ2n) is 8.76. The van der Waals surface area contributed by atoms with Crippen LogP contribution in [0.4, 0.5) is 0 Å². The van der Waals surface area contributed by atoms with Crippen LogP contribution >= 0.6 is 23.2 Å². The van der Waals surface area contributed by atoms with Gasteiger partial charge in [0.25, 0.3) is 0 Å². The van der Waals surface area contributed by atoms with E-state index < -0.39 is 0 Å². The Balaban J connectivity index is 1.35. The summed E-state index contributed by atoms with van der Waals surface area (Å²) in [5.41, 5.74) is 4.73. The maximum atomic E-state index is 13.4. The third-order valence-corrected chi connectivity index (χ3v) is 6.92. The van der Waals surface area contributed by atoms with Gasteiger partial charge in [-0.2, -0.15) is 0 Å². The molecule has 3 aromatic rings. The maximum absolute atomic E-state index is 13.4. The first-order valence-electron chi connectivity index (χ1n) is 11.2. The Morgan fingerprint density at radius 1 is 1.09 bits per heavy atom. The molecule has 0 amide bonds. The van der Waals surface area contributed by atoms with Crippen molar-refractivity contribution >= 4 is 35.1 Å². The first kappa shape index (κ1) is 22.4. The van der Waals surface area contributed by atoms with E-state index in [1.165, 1.54) is 0 Å². The molecule has 0 saturated heterocycles. The minimum absolute atomic E-state index is 0.144. The normalized spacial score (nSPS) is 17.8. The lowest BCUT2D eigenvalue weighted by Crippen LogP contribution is -2.32. The molecule has 0 atom stereocenters. The zero-order valence-electron chi connectivity index (χ0n) is 18.9. The Hall–Kier alpha value is -3.03. The molecule has 0 aliphatic carbocycles. The van der Waals surface area contributed by atoms with Gasteiger partial charge in [-0.3, -0.25) is 9.69 Å². The van der Waals surface area contributed by atoms with Crippen LogP contribution in [0.5, 0.6) is 17.2 Å². The number of ketones is 1. The summed E-state index contributed by atoms with van der Waals surface area (Å²) in [6, 6.07) is 13.2. The van der Waals surface area contributed by atoms with Gasteiger partial charge in [0.2, 0.25) is 5.78 Å². The molecule has 0 bridgehead atoms. The van der Waals surface area contributed by atoms with Gasteiger partial charge in [-0.1, -0.05) is 41.4 Å². The SMILES string of the molecule is Cc1cc2c(c3c1C(=O)/C(=C/c1cc(Cl)cc4c1OCOC4)O3)CN(Cc1ccccc1Cl)CO2. The number of benzene rings is 3. The number of carbonyl (C=O) groups is 1. The monoisotopic (exact) mass is 509 g/mol. The summed E-state index contributed by atoms with van der Waals surface area (Å²) < 4.78 is 23.3. The molecule has 3 aliphatic heterocycles. The van der Waals surface area contributed by atoms with Crippen molar-refractivity contribution in [3.05, 3.63) is 91.6 Å². The molecule has 0 aromatic heterocycles. The predicted molar refractivity (Wildman–Crippen MR) is 132 cm³/mol. The van der Waals surface area contributed by atoms with E-state index in [2.05, 4.69) is 4.90 Å². The summed E-state index contributed by atoms with van der Waals surface area (Å²) in [6.07, 6.45) is 1.69. The van der Waals surface area contributed by atoms with Gasteiger partial charge in [0.1, 0.15) is 24.0 Å². The summed E-state index contributed by atoms with van der Waals surface area (Å²) >= 11 is 12.7. The van der Waals surface area contributed by atoms with Gasteiger partial charge in [0.05, 0.1) is 17.7 Å². The van der Waals surface area contributed by atoms with E-state index in [0.717, 1.165) is 28.0 Å². The summed E-state index contributed by atoms with van der Waals surface area (Å²) in [5.74, 6) is 1.96. The van der Waals surface area contributed by atoms with Crippen LogP contribution in [0, 0.1) is 6.92 Å². The summed E-state index contributed by atoms with van der Waals surface area (Å²) in [5, 5.41) is 1.24. The Morgan fingerprint density at radius 2 is 1.94 bits per heavy atom. The third-order valence-electron chi connectivity index (χ3n) is 6.33. The molecule has 3 aromatic carbocycles. The van der Waals surface area contributed by atoms with Crippen LogP contribution in [0.25, 0.3) is 6.08 Å². The lowest BCUT2D eigenvalue weighted by molar-refractivity contribution is -0.0165. The Kier molecular flexibility index (Phi) is 5.69. The molecule has 0 spiro atoms. The van der Waals surface area contributed by atoms with Gasteiger partial charge in [-0.25, -0.2) is 0 Å². The van der Waals surface area contributed by atoms with Crippen molar-refractivity contribution in [2.45, 2.75) is 26.6 Å². The third kappa shape index (κ3) is 4.06. The molecule has 0 radical (unpaired) electrons. The Morgan fingerprint density at radius 3 is 2.80 bits per heavy atom. The van der Waals surface area contributed by atoms with Crippen molar-refractivity contribution in [3.63, 3.8) is 0 Å². The fourth-order valence-electron chi connectivity index (χ4n) is 4.70. The van der Waals surface area contributed by atoms with Crippen molar-refractivity contribution in [3.8, 4) is 17.2 Å². The lowest BCUT2D eigenvalue weighted by atomic mass is 9.98. The number of allylic oxidation sites excluding steroid dienone is 1. The standard InChI is InChI=1S/C27H21Cl2NO5/c1-15-6-22-20(11-30(13-33-22)10-16-4-2-3-5-21(16)29)27-24(15)25(31)23(35-27)9-17-7-19(28)8-18-12-32-14-34-26(17)18/h2-9H,10-14H2,1H3/b23-9-. The molecular weight excluding hydrogens is 489 g/mol. The number of nitrogens with zero attached hydrogens (tertiary/aromatic N) is 1. The first-order valence-corrected chi connectivity index (χ1v) is 12.0. The van der Waals surface area contributed by atoms with Gasteiger partial charge in [0, 0.05) is 34.3 Å². The van der Waals surface area contributed by atoms with E-state index in [-0.39, 0.29) is 18.3 Å². The quantitative estimate of drug-likeness (QED) is 0.395. The van der Waals surface area contributed by atoms with E-state index in [1.807, 2.05) is 37.3 Å². The first-order chi connectivity index (χ1) is 17.0. The summed E-state index contributed by atoms with van der Waals surface area (Å²) in [6.45, 7) is 4.03. The highest BCUT2D eigenvalue weighted by molar-refractivity contribution is 6.31. The Bertz CT molecular complexity index is 1400. The number of rotatable bonds is 3. The Labute approximate surface area is 212 Å². The van der Waals surface area contributed by atoms with Gasteiger partial charge < -0.3 is 18.9 Å². The molecule has 0 unspecified atom stereocenters. The fourth-order valence-corrected chi connectivity index (χ4v) is 5.15. The number of carbonyl (C=O) groups excluding carboxylic acids is 1. The van der Waals surface area contributed by atoms with Crippen LogP contribution in [-0.4, -0.2) is 24.2 Å². The number of Topliss-reactive ketones (excluding diaryl/α,β-unsaturated/α-hetero) is 1. The molecule has 0 N–H and O–H groups in total. The predicted octanol–water partition coefficient (Wildman–Crippen LogP) is 6.14. The van der Waals surface area contributed by atoms with Crippen molar-refractivity contribution in [1.82, 2.24) is 4.90 Å². The molecular formula is C27H21Cl2NO5. The molecule has 6 rings (SSSR count). The minimum Gasteiger partial charge on any atom is -0.478 e. The zero-order valence-corrected chi connectivity index (χ0v) is 20.4. The summed E-state index contributed by atoms with van der Waals surface area (Å²) in [7, 11) is 0. The topological polar surface area (TPSA) is 57.2 Å². The molecule has 3 heterocycles. The smallest absolute Gasteiger partial charge is 0.232 e. The molecule has 6 nitrogen and oxygen atoms in total. The van der Waals surface area contributed by atoms with E-state index >= 15 is 0 Å². The molecule has 178 valence electrons. The largest absolute Gasteiger partial charge is 0.478 e. The van der Waals surface area contributed by atoms with Gasteiger partial charge in [-0.05, 0) is 48.4 Å². The van der Waals surface area contributed by atoms with Crippen LogP contribution in [0.1, 0.15) is 38.2 Å². The minimum atomic E-state index is -0.177. The van der Waals surface area contributed by atoms with Crippen LogP contribution in [0.15, 0.2) is 48.2 Å². The van der Waals surface area contributed by atoms with Crippen molar-refractivity contribution in [1.29, 1.82) is 0 Å². The average Bonchev–Trinajstić information content (AvgIpc) is 3.17. The second-order valence-corrected chi connectivity index (χ2v) is 9.60. The van der Waals surface area contributed by atoms with Crippen LogP contribution < -0.4 is 14.2 Å². The maximum Gasteiger partial charge on any atom is 0.232 e. The van der Waals surface area contributed by atoms with Gasteiger partial charge >= 0.3 is 0 Å². The number of hydrogen-bond donors (Lipinski definition) is 0. The van der Waals surface area contributed by atoms with E-state index in [4.69, 9.17) is 42.1 Å². The zero-order chi connectivity index (χ0) is 24.1. The lowest BCUT2D eigenvalue weighted by Gasteiger charge is -2.30. The summed E-state index contributed by atoms with van der Waals surface area (Å²) in [4.78, 5) is 15.5. The molecule has 35 heavy (non-hydrogen) atoms. The van der Waals surface area contributed by atoms with Crippen LogP contribution in [0.3, 0.4) is 0 Å². The molecule has 8 heteroatoms. The van der Waals surface area contributed by atoms with E-state index in [0.29, 0.717) is 59.1 Å². The molecule has 0 fully saturated rings. The highest BCUT2D eigenvalue weighted by Gasteiger charge is 2.36. The van der Waals surface area contributed by atoms with E-state index in [1.54, 1.807) is 18.2 Å². The number of fused-ring (bicyclic) bond motifs is 4. The number of ether oxygens (including phenoxy) is 4. The van der Waals surface area contributed by atoms with Crippen molar-refractivity contribution < 1.29 is 23.7 Å². The molecule has 3 aliphatic rings. The highest BCUT2D eigenvalue weighted by atomic mass is 35.5. The number of hydrogen-bond acceptors (Lipinski definition) is 6. The van der Waals surface area contributed by atoms with E-state index in [9.17, 15) is 4.79 Å². The number of halogens is 2. The highest BCUT2D eigenvalue weighted by Crippen LogP contribution is 2.45. The fraction of sp³-hybridized carbons (Fsp3) is 0.222. The van der Waals surface area contributed by atoms with Gasteiger partial charge in [0.15, 0.2) is 12.6 Å². The molecule has 0 saturated carbocycles. The second kappa shape index (κ2) is 8.88. The van der Waals surface area contributed by atoms with Crippen molar-refractivity contribution in [2.24, 2.45) is 0 Å². The average molecular weight is 510 g/mol. The van der Waals surface area contributed by atoms with Gasteiger partial charge in [-0.15, -0.1) is 0 Å². The van der Waals surface area contributed by atoms with Crippen molar-refractivity contribution in [2.75, 3.05) is 13.5 Å².